The SMILES string of the molecule is O=C(CCS(=O)(=O)c1ccccc1)NCc1ccccc1Cn1cccn1. The maximum Gasteiger partial charge on any atom is 0.221 e. The van der Waals surface area contributed by atoms with Crippen molar-refractivity contribution in [3.05, 3.63) is 84.2 Å². The van der Waals surface area contributed by atoms with Crippen molar-refractivity contribution in [3.63, 3.8) is 0 Å². The molecule has 0 saturated heterocycles. The van der Waals surface area contributed by atoms with E-state index in [1.165, 1.54) is 0 Å². The van der Waals surface area contributed by atoms with Gasteiger partial charge in [0, 0.05) is 25.4 Å². The van der Waals surface area contributed by atoms with Crippen LogP contribution in [-0.4, -0.2) is 29.9 Å². The van der Waals surface area contributed by atoms with Crippen molar-refractivity contribution < 1.29 is 13.2 Å². The fourth-order valence-corrected chi connectivity index (χ4v) is 3.97. The van der Waals surface area contributed by atoms with E-state index in [1.54, 1.807) is 36.5 Å². The Bertz CT molecular complexity index is 984. The van der Waals surface area contributed by atoms with E-state index in [-0.39, 0.29) is 23.0 Å². The Morgan fingerprint density at radius 2 is 1.67 bits per heavy atom. The monoisotopic (exact) mass is 383 g/mol. The number of carbonyl (C=O) groups excluding carboxylic acids is 1. The molecule has 0 aliphatic carbocycles. The van der Waals surface area contributed by atoms with E-state index >= 15 is 0 Å². The number of rotatable bonds is 8. The minimum absolute atomic E-state index is 0.0709. The fraction of sp³-hybridized carbons (Fsp3) is 0.200. The number of carbonyl (C=O) groups is 1. The van der Waals surface area contributed by atoms with Crippen molar-refractivity contribution in [1.82, 2.24) is 15.1 Å². The van der Waals surface area contributed by atoms with Gasteiger partial charge in [0.15, 0.2) is 9.84 Å². The lowest BCUT2D eigenvalue weighted by atomic mass is 10.1. The molecule has 0 saturated carbocycles. The van der Waals surface area contributed by atoms with Crippen molar-refractivity contribution in [2.75, 3.05) is 5.75 Å². The maximum absolute atomic E-state index is 12.3. The molecule has 2 aromatic carbocycles. The van der Waals surface area contributed by atoms with Crippen LogP contribution in [0, 0.1) is 0 Å². The number of benzene rings is 2. The molecule has 1 N–H and O–H groups in total. The third-order valence-corrected chi connectivity index (χ3v) is 5.92. The highest BCUT2D eigenvalue weighted by Gasteiger charge is 2.16. The average Bonchev–Trinajstić information content (AvgIpc) is 3.19. The number of sulfone groups is 1. The van der Waals surface area contributed by atoms with Crippen LogP contribution in [0.1, 0.15) is 17.5 Å². The lowest BCUT2D eigenvalue weighted by Gasteiger charge is -2.11. The molecule has 3 aromatic rings. The highest BCUT2D eigenvalue weighted by molar-refractivity contribution is 7.91. The predicted octanol–water partition coefficient (Wildman–Crippen LogP) is 2.41. The standard InChI is InChI=1S/C20H21N3O3S/c24-20(11-14-27(25,26)19-9-2-1-3-10-19)21-15-17-7-4-5-8-18(17)16-23-13-6-12-22-23/h1-10,12-13H,11,14-16H2,(H,21,24). The Morgan fingerprint density at radius 1 is 0.963 bits per heavy atom. The highest BCUT2D eigenvalue weighted by atomic mass is 32.2. The molecule has 0 spiro atoms. The lowest BCUT2D eigenvalue weighted by Crippen LogP contribution is -2.25. The van der Waals surface area contributed by atoms with Gasteiger partial charge in [-0.15, -0.1) is 0 Å². The first-order valence-electron chi connectivity index (χ1n) is 8.63. The molecule has 1 amide bonds. The van der Waals surface area contributed by atoms with Crippen LogP contribution in [-0.2, 0) is 27.7 Å². The van der Waals surface area contributed by atoms with Crippen LogP contribution in [0.15, 0.2) is 78.0 Å². The van der Waals surface area contributed by atoms with E-state index in [0.717, 1.165) is 11.1 Å². The Balaban J connectivity index is 1.55. The zero-order chi connectivity index (χ0) is 19.1. The second-order valence-corrected chi connectivity index (χ2v) is 8.24. The first kappa shape index (κ1) is 18.8. The van der Waals surface area contributed by atoms with Gasteiger partial charge in [-0.25, -0.2) is 8.42 Å². The van der Waals surface area contributed by atoms with Crippen LogP contribution < -0.4 is 5.32 Å². The Kier molecular flexibility index (Phi) is 6.03. The molecule has 0 radical (unpaired) electrons. The zero-order valence-corrected chi connectivity index (χ0v) is 15.6. The number of amides is 1. The van der Waals surface area contributed by atoms with E-state index in [4.69, 9.17) is 0 Å². The third kappa shape index (κ3) is 5.27. The Hall–Kier alpha value is -2.93. The van der Waals surface area contributed by atoms with E-state index < -0.39 is 9.84 Å². The van der Waals surface area contributed by atoms with Gasteiger partial charge < -0.3 is 5.32 Å². The van der Waals surface area contributed by atoms with Gasteiger partial charge in [0.25, 0.3) is 0 Å². The molecule has 1 aromatic heterocycles. The largest absolute Gasteiger partial charge is 0.352 e. The van der Waals surface area contributed by atoms with Gasteiger partial charge in [0.2, 0.25) is 5.91 Å². The molecule has 7 heteroatoms. The molecule has 27 heavy (non-hydrogen) atoms. The smallest absolute Gasteiger partial charge is 0.221 e. The van der Waals surface area contributed by atoms with Crippen LogP contribution >= 0.6 is 0 Å². The first-order valence-corrected chi connectivity index (χ1v) is 10.3. The highest BCUT2D eigenvalue weighted by Crippen LogP contribution is 2.12. The summed E-state index contributed by atoms with van der Waals surface area (Å²) in [5, 5.41) is 7.01. The van der Waals surface area contributed by atoms with E-state index in [1.807, 2.05) is 41.2 Å². The van der Waals surface area contributed by atoms with Gasteiger partial charge in [-0.3, -0.25) is 9.48 Å². The summed E-state index contributed by atoms with van der Waals surface area (Å²) < 4.78 is 26.3. The maximum atomic E-state index is 12.3. The molecule has 1 heterocycles. The number of aromatic nitrogens is 2. The summed E-state index contributed by atoms with van der Waals surface area (Å²) in [6.45, 7) is 0.961. The molecule has 6 nitrogen and oxygen atoms in total. The summed E-state index contributed by atoms with van der Waals surface area (Å²) in [6, 6.07) is 17.8. The molecule has 3 rings (SSSR count). The molecule has 0 unspecified atom stereocenters. The Labute approximate surface area is 158 Å². The normalized spacial score (nSPS) is 11.3. The summed E-state index contributed by atoms with van der Waals surface area (Å²) in [5.74, 6) is -0.499. The number of hydrogen-bond acceptors (Lipinski definition) is 4. The summed E-state index contributed by atoms with van der Waals surface area (Å²) in [4.78, 5) is 12.4. The molecular formula is C20H21N3O3S. The van der Waals surface area contributed by atoms with E-state index in [0.29, 0.717) is 13.1 Å². The van der Waals surface area contributed by atoms with Crippen LogP contribution in [0.3, 0.4) is 0 Å². The summed E-state index contributed by atoms with van der Waals surface area (Å²) in [5.41, 5.74) is 2.03. The van der Waals surface area contributed by atoms with Crippen LogP contribution in [0.4, 0.5) is 0 Å². The van der Waals surface area contributed by atoms with Crippen LogP contribution in [0.25, 0.3) is 0 Å². The minimum Gasteiger partial charge on any atom is -0.352 e. The predicted molar refractivity (Wildman–Crippen MR) is 103 cm³/mol. The topological polar surface area (TPSA) is 81.1 Å². The summed E-state index contributed by atoms with van der Waals surface area (Å²) in [6.07, 6.45) is 3.53. The number of nitrogens with zero attached hydrogens (tertiary/aromatic N) is 2. The summed E-state index contributed by atoms with van der Waals surface area (Å²) in [7, 11) is -3.45. The Morgan fingerprint density at radius 3 is 2.37 bits per heavy atom. The van der Waals surface area contributed by atoms with Crippen molar-refractivity contribution in [3.8, 4) is 0 Å². The lowest BCUT2D eigenvalue weighted by molar-refractivity contribution is -0.120. The van der Waals surface area contributed by atoms with Crippen LogP contribution in [0.2, 0.25) is 0 Å². The second-order valence-electron chi connectivity index (χ2n) is 6.13. The zero-order valence-electron chi connectivity index (χ0n) is 14.8. The van der Waals surface area contributed by atoms with E-state index in [2.05, 4.69) is 10.4 Å². The first-order chi connectivity index (χ1) is 13.0. The van der Waals surface area contributed by atoms with Gasteiger partial charge in [0.1, 0.15) is 0 Å². The van der Waals surface area contributed by atoms with Gasteiger partial charge in [0.05, 0.1) is 17.2 Å². The number of hydrogen-bond donors (Lipinski definition) is 1. The van der Waals surface area contributed by atoms with Crippen molar-refractivity contribution >= 4 is 15.7 Å². The van der Waals surface area contributed by atoms with Crippen LogP contribution in [0.5, 0.6) is 0 Å². The third-order valence-electron chi connectivity index (χ3n) is 4.19. The summed E-state index contributed by atoms with van der Waals surface area (Å²) >= 11 is 0. The van der Waals surface area contributed by atoms with Crippen molar-refractivity contribution in [2.45, 2.75) is 24.4 Å². The molecular weight excluding hydrogens is 362 g/mol. The molecule has 0 aliphatic heterocycles. The van der Waals surface area contributed by atoms with Gasteiger partial charge >= 0.3 is 0 Å². The molecule has 0 atom stereocenters. The number of nitrogens with one attached hydrogen (secondary N) is 1. The van der Waals surface area contributed by atoms with Crippen molar-refractivity contribution in [1.29, 1.82) is 0 Å². The van der Waals surface area contributed by atoms with Gasteiger partial charge in [-0.1, -0.05) is 42.5 Å². The van der Waals surface area contributed by atoms with Crippen molar-refractivity contribution in [2.24, 2.45) is 0 Å². The van der Waals surface area contributed by atoms with E-state index in [9.17, 15) is 13.2 Å². The fourth-order valence-electron chi connectivity index (χ4n) is 2.71. The van der Waals surface area contributed by atoms with Gasteiger partial charge in [-0.2, -0.15) is 5.10 Å². The molecule has 0 aliphatic rings. The van der Waals surface area contributed by atoms with Gasteiger partial charge in [-0.05, 0) is 29.3 Å². The second kappa shape index (κ2) is 8.64. The molecule has 140 valence electrons. The minimum atomic E-state index is -3.45. The quantitative estimate of drug-likeness (QED) is 0.648. The average molecular weight is 383 g/mol. The molecule has 0 bridgehead atoms. The molecule has 0 fully saturated rings.